The van der Waals surface area contributed by atoms with Crippen LogP contribution in [0.4, 0.5) is 0 Å². The number of aliphatic hydroxyl groups is 1. The highest BCUT2D eigenvalue weighted by Crippen LogP contribution is 2.66. The molecule has 0 aromatic carbocycles. The van der Waals surface area contributed by atoms with Gasteiger partial charge < -0.3 is 5.11 Å². The fourth-order valence-electron chi connectivity index (χ4n) is 9.07. The summed E-state index contributed by atoms with van der Waals surface area (Å²) in [4.78, 5) is 0. The molecule has 162 valence electrons. The van der Waals surface area contributed by atoms with Crippen LogP contribution in [0.25, 0.3) is 0 Å². The summed E-state index contributed by atoms with van der Waals surface area (Å²) >= 11 is 0. The molecule has 0 bridgehead atoms. The minimum Gasteiger partial charge on any atom is -0.393 e. The third-order valence-electron chi connectivity index (χ3n) is 10.7. The maximum absolute atomic E-state index is 10.2. The summed E-state index contributed by atoms with van der Waals surface area (Å²) in [6, 6.07) is 0. The van der Waals surface area contributed by atoms with Crippen LogP contribution in [0.3, 0.4) is 0 Å². The minimum absolute atomic E-state index is 0.102. The summed E-state index contributed by atoms with van der Waals surface area (Å²) < 4.78 is 0. The smallest absolute Gasteiger partial charge is 0.0578 e. The fourth-order valence-corrected chi connectivity index (χ4v) is 9.07. The van der Waals surface area contributed by atoms with Gasteiger partial charge in [0.25, 0.3) is 0 Å². The Kier molecular flexibility index (Phi) is 5.29. The predicted octanol–water partition coefficient (Wildman–Crippen LogP) is 7.45. The van der Waals surface area contributed by atoms with Crippen LogP contribution in [0.1, 0.15) is 104 Å². The SMILES string of the molecule is C[C@H](CC1CCCCC1)[C@H]1CC[C@H]2C3=CC=C4C[C@@H](O)CC[C@]4(C)[C@H]3CC[C@]12C. The van der Waals surface area contributed by atoms with Gasteiger partial charge in [-0.3, -0.25) is 0 Å². The molecule has 0 spiro atoms. The molecule has 29 heavy (non-hydrogen) atoms. The summed E-state index contributed by atoms with van der Waals surface area (Å²) in [7, 11) is 0. The van der Waals surface area contributed by atoms with Crippen molar-refractivity contribution in [1.29, 1.82) is 0 Å². The Morgan fingerprint density at radius 2 is 1.72 bits per heavy atom. The molecule has 0 saturated heterocycles. The van der Waals surface area contributed by atoms with E-state index in [0.29, 0.717) is 10.8 Å². The molecule has 1 N–H and O–H groups in total. The van der Waals surface area contributed by atoms with Crippen molar-refractivity contribution in [3.8, 4) is 0 Å². The van der Waals surface area contributed by atoms with Crippen LogP contribution in [-0.2, 0) is 0 Å². The number of allylic oxidation sites excluding steroid dienone is 3. The molecule has 0 heterocycles. The van der Waals surface area contributed by atoms with Crippen LogP contribution in [0.5, 0.6) is 0 Å². The quantitative estimate of drug-likeness (QED) is 0.525. The Bertz CT molecular complexity index is 682. The van der Waals surface area contributed by atoms with Gasteiger partial charge in [0.2, 0.25) is 0 Å². The average Bonchev–Trinajstić information content (AvgIpc) is 3.06. The fraction of sp³-hybridized carbons (Fsp3) is 0.857. The molecular formula is C28H44O. The summed E-state index contributed by atoms with van der Waals surface area (Å²) in [5, 5.41) is 10.2. The summed E-state index contributed by atoms with van der Waals surface area (Å²) in [5.41, 5.74) is 4.23. The van der Waals surface area contributed by atoms with Gasteiger partial charge in [0.1, 0.15) is 0 Å². The van der Waals surface area contributed by atoms with Gasteiger partial charge in [-0.2, -0.15) is 0 Å². The van der Waals surface area contributed by atoms with Crippen molar-refractivity contribution < 1.29 is 5.11 Å². The Balaban J connectivity index is 1.36. The van der Waals surface area contributed by atoms with E-state index in [1.54, 1.807) is 5.57 Å². The summed E-state index contributed by atoms with van der Waals surface area (Å²) in [5.74, 6) is 4.43. The molecule has 4 fully saturated rings. The largest absolute Gasteiger partial charge is 0.393 e. The van der Waals surface area contributed by atoms with Gasteiger partial charge >= 0.3 is 0 Å². The van der Waals surface area contributed by atoms with E-state index < -0.39 is 0 Å². The predicted molar refractivity (Wildman–Crippen MR) is 122 cm³/mol. The lowest BCUT2D eigenvalue weighted by atomic mass is 9.50. The van der Waals surface area contributed by atoms with Crippen molar-refractivity contribution in [3.05, 3.63) is 23.3 Å². The molecule has 0 aliphatic heterocycles. The van der Waals surface area contributed by atoms with Crippen LogP contribution >= 0.6 is 0 Å². The molecule has 1 nitrogen and oxygen atoms in total. The number of hydrogen-bond acceptors (Lipinski definition) is 1. The van der Waals surface area contributed by atoms with Gasteiger partial charge in [-0.25, -0.2) is 0 Å². The first kappa shape index (κ1) is 20.3. The van der Waals surface area contributed by atoms with Gasteiger partial charge in [-0.1, -0.05) is 76.2 Å². The summed E-state index contributed by atoms with van der Waals surface area (Å²) in [6.45, 7) is 7.81. The molecule has 7 atom stereocenters. The maximum Gasteiger partial charge on any atom is 0.0578 e. The molecule has 4 saturated carbocycles. The number of hydrogen-bond donors (Lipinski definition) is 1. The van der Waals surface area contributed by atoms with E-state index in [0.717, 1.165) is 42.4 Å². The van der Waals surface area contributed by atoms with Crippen molar-refractivity contribution >= 4 is 0 Å². The molecule has 0 amide bonds. The topological polar surface area (TPSA) is 20.2 Å². The van der Waals surface area contributed by atoms with Crippen molar-refractivity contribution in [2.45, 2.75) is 110 Å². The second-order valence-corrected chi connectivity index (χ2v) is 12.2. The lowest BCUT2D eigenvalue weighted by Crippen LogP contribution is -2.46. The Morgan fingerprint density at radius 3 is 2.52 bits per heavy atom. The lowest BCUT2D eigenvalue weighted by Gasteiger charge is -2.55. The van der Waals surface area contributed by atoms with E-state index in [1.165, 1.54) is 70.6 Å². The van der Waals surface area contributed by atoms with Gasteiger partial charge in [0.05, 0.1) is 6.10 Å². The zero-order valence-corrected chi connectivity index (χ0v) is 19.3. The van der Waals surface area contributed by atoms with Crippen LogP contribution < -0.4 is 0 Å². The highest BCUT2D eigenvalue weighted by molar-refractivity contribution is 5.38. The van der Waals surface area contributed by atoms with E-state index >= 15 is 0 Å². The first-order valence-corrected chi connectivity index (χ1v) is 13.0. The standard InChI is InChI=1S/C28H44O/c1-19(17-20-7-5-4-6-8-20)24-11-12-25-23-10-9-21-18-22(29)13-15-27(21,2)26(23)14-16-28(24,25)3/h9-10,19-20,22,24-26,29H,4-8,11-18H2,1-3H3/t19-,22+,24-,25+,26+,27+,28-/m1/s1. The average molecular weight is 397 g/mol. The van der Waals surface area contributed by atoms with E-state index in [2.05, 4.69) is 32.9 Å². The Labute approximate surface area is 179 Å². The maximum atomic E-state index is 10.2. The highest BCUT2D eigenvalue weighted by Gasteiger charge is 2.57. The molecular weight excluding hydrogens is 352 g/mol. The zero-order chi connectivity index (χ0) is 20.2. The Morgan fingerprint density at radius 1 is 0.931 bits per heavy atom. The molecule has 0 aromatic heterocycles. The summed E-state index contributed by atoms with van der Waals surface area (Å²) in [6.07, 6.45) is 22.6. The van der Waals surface area contributed by atoms with Crippen LogP contribution in [-0.4, -0.2) is 11.2 Å². The number of rotatable bonds is 3. The van der Waals surface area contributed by atoms with E-state index in [1.807, 2.05) is 5.57 Å². The van der Waals surface area contributed by atoms with E-state index in [4.69, 9.17) is 0 Å². The van der Waals surface area contributed by atoms with Crippen LogP contribution in [0.2, 0.25) is 0 Å². The molecule has 5 aliphatic rings. The van der Waals surface area contributed by atoms with Crippen molar-refractivity contribution in [3.63, 3.8) is 0 Å². The van der Waals surface area contributed by atoms with Crippen molar-refractivity contribution in [1.82, 2.24) is 0 Å². The second kappa shape index (κ2) is 7.54. The molecule has 5 aliphatic carbocycles. The molecule has 0 unspecified atom stereocenters. The monoisotopic (exact) mass is 396 g/mol. The first-order valence-electron chi connectivity index (χ1n) is 13.0. The van der Waals surface area contributed by atoms with Crippen LogP contribution in [0, 0.1) is 40.4 Å². The second-order valence-electron chi connectivity index (χ2n) is 12.2. The van der Waals surface area contributed by atoms with Gasteiger partial charge in [0.15, 0.2) is 0 Å². The van der Waals surface area contributed by atoms with Crippen molar-refractivity contribution in [2.24, 2.45) is 40.4 Å². The molecule has 1 heteroatoms. The zero-order valence-electron chi connectivity index (χ0n) is 19.3. The normalized spacial score (nSPS) is 46.2. The lowest BCUT2D eigenvalue weighted by molar-refractivity contribution is 0.0296. The highest BCUT2D eigenvalue weighted by atomic mass is 16.3. The number of fused-ring (bicyclic) bond motifs is 5. The van der Waals surface area contributed by atoms with Gasteiger partial charge in [-0.05, 0) is 91.8 Å². The third kappa shape index (κ3) is 3.29. The van der Waals surface area contributed by atoms with E-state index in [-0.39, 0.29) is 6.10 Å². The van der Waals surface area contributed by atoms with E-state index in [9.17, 15) is 5.11 Å². The third-order valence-corrected chi connectivity index (χ3v) is 10.7. The molecule has 0 radical (unpaired) electrons. The molecule has 5 rings (SSSR count). The minimum atomic E-state index is -0.102. The van der Waals surface area contributed by atoms with Crippen molar-refractivity contribution in [2.75, 3.05) is 0 Å². The van der Waals surface area contributed by atoms with Gasteiger partial charge in [0, 0.05) is 0 Å². The van der Waals surface area contributed by atoms with Crippen LogP contribution in [0.15, 0.2) is 23.3 Å². The first-order chi connectivity index (χ1) is 13.9. The Hall–Kier alpha value is -0.560. The number of aliphatic hydroxyl groups excluding tert-OH is 1. The van der Waals surface area contributed by atoms with Gasteiger partial charge in [-0.15, -0.1) is 0 Å². The molecule has 0 aromatic rings.